The SMILES string of the molecule is C=C=C=CCC(C)C(C)C. The van der Waals surface area contributed by atoms with Crippen LogP contribution >= 0.6 is 0 Å². The fourth-order valence-corrected chi connectivity index (χ4v) is 0.589. The third-order valence-corrected chi connectivity index (χ3v) is 1.83. The first-order valence-corrected chi connectivity index (χ1v) is 3.77. The van der Waals surface area contributed by atoms with Gasteiger partial charge in [0, 0.05) is 0 Å². The number of allylic oxidation sites excluding steroid dienone is 1. The van der Waals surface area contributed by atoms with Crippen LogP contribution in [0.15, 0.2) is 24.1 Å². The first kappa shape index (κ1) is 9.30. The van der Waals surface area contributed by atoms with Crippen LogP contribution in [0.5, 0.6) is 0 Å². The van der Waals surface area contributed by atoms with Crippen LogP contribution in [0.4, 0.5) is 0 Å². The maximum atomic E-state index is 3.44. The largest absolute Gasteiger partial charge is 0.0785 e. The van der Waals surface area contributed by atoms with Crippen molar-refractivity contribution in [2.75, 3.05) is 0 Å². The molecule has 10 heavy (non-hydrogen) atoms. The third-order valence-electron chi connectivity index (χ3n) is 1.83. The van der Waals surface area contributed by atoms with Crippen molar-refractivity contribution in [3.05, 3.63) is 24.1 Å². The van der Waals surface area contributed by atoms with E-state index in [4.69, 9.17) is 0 Å². The monoisotopic (exact) mass is 136 g/mol. The predicted molar refractivity (Wildman–Crippen MR) is 45.8 cm³/mol. The summed E-state index contributed by atoms with van der Waals surface area (Å²) in [5.74, 6) is 1.49. The highest BCUT2D eigenvalue weighted by atomic mass is 14.1. The predicted octanol–water partition coefficient (Wildman–Crippen LogP) is 3.16. The second-order valence-corrected chi connectivity index (χ2v) is 2.98. The van der Waals surface area contributed by atoms with Crippen molar-refractivity contribution >= 4 is 0 Å². The molecule has 1 unspecified atom stereocenters. The molecule has 0 spiro atoms. The van der Waals surface area contributed by atoms with Gasteiger partial charge in [0.1, 0.15) is 0 Å². The molecule has 0 aliphatic heterocycles. The highest BCUT2D eigenvalue weighted by molar-refractivity contribution is 4.82. The van der Waals surface area contributed by atoms with E-state index in [1.165, 1.54) is 0 Å². The summed E-state index contributed by atoms with van der Waals surface area (Å²) in [6.07, 6.45) is 3.08. The van der Waals surface area contributed by atoms with Crippen molar-refractivity contribution < 1.29 is 0 Å². The van der Waals surface area contributed by atoms with Crippen molar-refractivity contribution in [3.8, 4) is 0 Å². The number of hydrogen-bond donors (Lipinski definition) is 0. The van der Waals surface area contributed by atoms with Gasteiger partial charge in [0.2, 0.25) is 0 Å². The maximum absolute atomic E-state index is 3.44. The Balaban J connectivity index is 3.69. The molecule has 0 saturated heterocycles. The molecular formula is C10H16. The summed E-state index contributed by atoms with van der Waals surface area (Å²) in [6, 6.07) is 0. The van der Waals surface area contributed by atoms with Gasteiger partial charge in [0.25, 0.3) is 0 Å². The summed E-state index contributed by atoms with van der Waals surface area (Å²) in [6.45, 7) is 10.1. The number of rotatable bonds is 3. The first-order valence-electron chi connectivity index (χ1n) is 3.77. The topological polar surface area (TPSA) is 0 Å². The van der Waals surface area contributed by atoms with Crippen LogP contribution in [-0.2, 0) is 0 Å². The van der Waals surface area contributed by atoms with E-state index in [-0.39, 0.29) is 0 Å². The van der Waals surface area contributed by atoms with Gasteiger partial charge in [-0.05, 0) is 30.9 Å². The Bertz CT molecular complexity index is 153. The minimum absolute atomic E-state index is 0.737. The summed E-state index contributed by atoms with van der Waals surface area (Å²) in [5.41, 5.74) is 5.45. The lowest BCUT2D eigenvalue weighted by atomic mass is 9.95. The van der Waals surface area contributed by atoms with E-state index < -0.39 is 0 Å². The third kappa shape index (κ3) is 4.21. The fraction of sp³-hybridized carbons (Fsp3) is 0.600. The van der Waals surface area contributed by atoms with Crippen LogP contribution in [0.3, 0.4) is 0 Å². The molecule has 0 aromatic rings. The summed E-state index contributed by atoms with van der Waals surface area (Å²) >= 11 is 0. The summed E-state index contributed by atoms with van der Waals surface area (Å²) in [4.78, 5) is 0. The van der Waals surface area contributed by atoms with Gasteiger partial charge in [-0.25, -0.2) is 0 Å². The lowest BCUT2D eigenvalue weighted by molar-refractivity contribution is 0.424. The Morgan fingerprint density at radius 3 is 2.40 bits per heavy atom. The molecule has 56 valence electrons. The van der Waals surface area contributed by atoms with Gasteiger partial charge < -0.3 is 0 Å². The molecule has 0 bridgehead atoms. The zero-order valence-electron chi connectivity index (χ0n) is 7.15. The summed E-state index contributed by atoms with van der Waals surface area (Å²) in [7, 11) is 0. The van der Waals surface area contributed by atoms with Crippen molar-refractivity contribution in [1.29, 1.82) is 0 Å². The van der Waals surface area contributed by atoms with Gasteiger partial charge in [0.15, 0.2) is 0 Å². The summed E-state index contributed by atoms with van der Waals surface area (Å²) in [5, 5.41) is 0. The normalized spacial score (nSPS) is 12.0. The van der Waals surface area contributed by atoms with Gasteiger partial charge in [-0.2, -0.15) is 0 Å². The van der Waals surface area contributed by atoms with Crippen molar-refractivity contribution in [3.63, 3.8) is 0 Å². The lowest BCUT2D eigenvalue weighted by Gasteiger charge is -2.11. The van der Waals surface area contributed by atoms with E-state index in [9.17, 15) is 0 Å². The van der Waals surface area contributed by atoms with Crippen LogP contribution in [0, 0.1) is 11.8 Å². The Hall–Kier alpha value is -0.700. The molecule has 0 aromatic carbocycles. The smallest absolute Gasteiger partial charge is 0.0240 e. The van der Waals surface area contributed by atoms with E-state index in [0.29, 0.717) is 0 Å². The minimum atomic E-state index is 0.737. The molecule has 0 N–H and O–H groups in total. The van der Waals surface area contributed by atoms with Crippen LogP contribution < -0.4 is 0 Å². The molecule has 0 heterocycles. The molecule has 0 aromatic heterocycles. The second-order valence-electron chi connectivity index (χ2n) is 2.98. The van der Waals surface area contributed by atoms with E-state index in [2.05, 4.69) is 38.8 Å². The molecule has 1 atom stereocenters. The lowest BCUT2D eigenvalue weighted by Crippen LogP contribution is -2.01. The zero-order valence-corrected chi connectivity index (χ0v) is 7.15. The van der Waals surface area contributed by atoms with Gasteiger partial charge in [-0.3, -0.25) is 0 Å². The molecule has 0 saturated carbocycles. The molecular weight excluding hydrogens is 120 g/mol. The summed E-state index contributed by atoms with van der Waals surface area (Å²) < 4.78 is 0. The fourth-order valence-electron chi connectivity index (χ4n) is 0.589. The molecule has 0 aliphatic rings. The standard InChI is InChI=1S/C10H16/c1-5-6-7-8-10(4)9(2)3/h7,9-10H,1,8H2,2-4H3. The van der Waals surface area contributed by atoms with Gasteiger partial charge in [0.05, 0.1) is 0 Å². The van der Waals surface area contributed by atoms with E-state index in [1.54, 1.807) is 0 Å². The van der Waals surface area contributed by atoms with E-state index in [0.717, 1.165) is 18.3 Å². The molecule has 0 aliphatic carbocycles. The Kier molecular flexibility index (Phi) is 4.76. The van der Waals surface area contributed by atoms with Gasteiger partial charge in [-0.1, -0.05) is 32.2 Å². The average molecular weight is 136 g/mol. The highest BCUT2D eigenvalue weighted by Crippen LogP contribution is 2.13. The Labute approximate surface area is 64.0 Å². The van der Waals surface area contributed by atoms with Crippen LogP contribution in [0.2, 0.25) is 0 Å². The van der Waals surface area contributed by atoms with Crippen LogP contribution in [0.25, 0.3) is 0 Å². The first-order chi connectivity index (χ1) is 4.68. The van der Waals surface area contributed by atoms with Crippen molar-refractivity contribution in [2.24, 2.45) is 11.8 Å². The molecule has 0 rings (SSSR count). The number of hydrogen-bond acceptors (Lipinski definition) is 0. The van der Waals surface area contributed by atoms with Crippen molar-refractivity contribution in [1.82, 2.24) is 0 Å². The van der Waals surface area contributed by atoms with Crippen LogP contribution in [-0.4, -0.2) is 0 Å². The maximum Gasteiger partial charge on any atom is -0.0240 e. The Morgan fingerprint density at radius 1 is 1.40 bits per heavy atom. The highest BCUT2D eigenvalue weighted by Gasteiger charge is 2.02. The minimum Gasteiger partial charge on any atom is -0.0785 e. The molecule has 0 amide bonds. The molecule has 0 fully saturated rings. The molecule has 0 heteroatoms. The second kappa shape index (κ2) is 5.11. The zero-order chi connectivity index (χ0) is 7.98. The van der Waals surface area contributed by atoms with E-state index >= 15 is 0 Å². The van der Waals surface area contributed by atoms with Gasteiger partial charge in [-0.15, -0.1) is 0 Å². The van der Waals surface area contributed by atoms with E-state index in [1.807, 2.05) is 6.08 Å². The quantitative estimate of drug-likeness (QED) is 0.523. The molecule has 0 nitrogen and oxygen atoms in total. The average Bonchev–Trinajstić information content (AvgIpc) is 1.88. The Morgan fingerprint density at radius 2 is 2.00 bits per heavy atom. The van der Waals surface area contributed by atoms with Gasteiger partial charge >= 0.3 is 0 Å². The molecule has 0 radical (unpaired) electrons. The van der Waals surface area contributed by atoms with Crippen LogP contribution in [0.1, 0.15) is 27.2 Å². The van der Waals surface area contributed by atoms with Crippen molar-refractivity contribution in [2.45, 2.75) is 27.2 Å².